The van der Waals surface area contributed by atoms with E-state index in [1.165, 1.54) is 26.4 Å². The van der Waals surface area contributed by atoms with Crippen LogP contribution in [0.1, 0.15) is 50.7 Å². The number of methoxy groups -OCH3 is 2. The van der Waals surface area contributed by atoms with Crippen LogP contribution in [0.5, 0.6) is 11.5 Å². The topological polar surface area (TPSA) is 73.9 Å². The molecule has 0 saturated carbocycles. The molecule has 0 amide bonds. The first-order chi connectivity index (χ1) is 16.6. The van der Waals surface area contributed by atoms with Crippen molar-refractivity contribution in [2.45, 2.75) is 46.1 Å². The van der Waals surface area contributed by atoms with Crippen LogP contribution in [0, 0.1) is 11.2 Å². The molecule has 0 spiro atoms. The Kier molecular flexibility index (Phi) is 6.70. The highest BCUT2D eigenvalue weighted by atomic mass is 19.1. The molecule has 0 fully saturated rings. The zero-order valence-corrected chi connectivity index (χ0v) is 20.7. The van der Waals surface area contributed by atoms with Crippen molar-refractivity contribution in [3.05, 3.63) is 81.9 Å². The molecule has 1 atom stereocenters. The maximum Gasteiger partial charge on any atom is 0.336 e. The molecule has 2 aliphatic rings. The van der Waals surface area contributed by atoms with Crippen molar-refractivity contribution in [2.24, 2.45) is 5.41 Å². The molecule has 184 valence electrons. The van der Waals surface area contributed by atoms with E-state index in [4.69, 9.17) is 14.2 Å². The molecule has 0 aromatic heterocycles. The van der Waals surface area contributed by atoms with Gasteiger partial charge in [0.2, 0.25) is 0 Å². The highest BCUT2D eigenvalue weighted by Gasteiger charge is 2.43. The second kappa shape index (κ2) is 9.56. The van der Waals surface area contributed by atoms with Crippen molar-refractivity contribution in [1.29, 1.82) is 0 Å². The number of esters is 1. The molecule has 0 radical (unpaired) electrons. The number of carbonyl (C=O) groups excluding carboxylic acids is 2. The molecule has 2 aromatic rings. The normalized spacial score (nSPS) is 19.1. The van der Waals surface area contributed by atoms with Crippen LogP contribution in [0.15, 0.2) is 65.0 Å². The maximum atomic E-state index is 13.5. The van der Waals surface area contributed by atoms with E-state index in [9.17, 15) is 14.0 Å². The third-order valence-electron chi connectivity index (χ3n) is 6.45. The average molecular weight is 480 g/mol. The summed E-state index contributed by atoms with van der Waals surface area (Å²) in [5.74, 6) is -0.484. The minimum Gasteiger partial charge on any atom is -0.493 e. The molecular formula is C28H30FNO5. The first-order valence-corrected chi connectivity index (χ1v) is 11.5. The van der Waals surface area contributed by atoms with Gasteiger partial charge in [-0.05, 0) is 54.2 Å². The zero-order valence-electron chi connectivity index (χ0n) is 20.7. The lowest BCUT2D eigenvalue weighted by Gasteiger charge is -2.39. The predicted octanol–water partition coefficient (Wildman–Crippen LogP) is 5.19. The summed E-state index contributed by atoms with van der Waals surface area (Å²) in [4.78, 5) is 26.2. The zero-order chi connectivity index (χ0) is 25.3. The standard InChI is InChI=1S/C28H30FNO5/c1-16-24(27(32)34-5)25(26-20(30-16)13-28(2,3)14-21(26)31)18-9-10-22(23(12-18)33-4)35-15-17-7-6-8-19(29)11-17/h6-12,25,30H,13-15H2,1-5H3/t25-/m0/s1. The number of allylic oxidation sites excluding steroid dienone is 3. The number of benzene rings is 2. The number of ketones is 1. The lowest BCUT2D eigenvalue weighted by Crippen LogP contribution is -2.38. The third-order valence-corrected chi connectivity index (χ3v) is 6.45. The number of hydrogen-bond donors (Lipinski definition) is 1. The van der Waals surface area contributed by atoms with Crippen LogP contribution in [0.3, 0.4) is 0 Å². The fraction of sp³-hybridized carbons (Fsp3) is 0.357. The van der Waals surface area contributed by atoms with E-state index < -0.39 is 11.9 Å². The van der Waals surface area contributed by atoms with Crippen LogP contribution in [-0.4, -0.2) is 26.0 Å². The fourth-order valence-electron chi connectivity index (χ4n) is 4.92. The number of dihydropyridines is 1. The van der Waals surface area contributed by atoms with Crippen molar-refractivity contribution in [3.63, 3.8) is 0 Å². The minimum atomic E-state index is -0.589. The van der Waals surface area contributed by atoms with Gasteiger partial charge in [0.05, 0.1) is 19.8 Å². The van der Waals surface area contributed by atoms with E-state index in [-0.39, 0.29) is 23.6 Å². The molecule has 7 heteroatoms. The summed E-state index contributed by atoms with van der Waals surface area (Å²) in [5.41, 5.74) is 3.72. The van der Waals surface area contributed by atoms with Crippen LogP contribution in [-0.2, 0) is 20.9 Å². The molecule has 0 saturated heterocycles. The first kappa shape index (κ1) is 24.5. The number of carbonyl (C=O) groups is 2. The Balaban J connectivity index is 1.74. The van der Waals surface area contributed by atoms with Gasteiger partial charge in [0.15, 0.2) is 17.3 Å². The quantitative estimate of drug-likeness (QED) is 0.575. The van der Waals surface area contributed by atoms with Gasteiger partial charge in [0.25, 0.3) is 0 Å². The van der Waals surface area contributed by atoms with Gasteiger partial charge in [-0.1, -0.05) is 32.0 Å². The van der Waals surface area contributed by atoms with Gasteiger partial charge in [-0.3, -0.25) is 4.79 Å². The smallest absolute Gasteiger partial charge is 0.336 e. The maximum absolute atomic E-state index is 13.5. The van der Waals surface area contributed by atoms with Crippen molar-refractivity contribution < 1.29 is 28.2 Å². The van der Waals surface area contributed by atoms with Gasteiger partial charge in [-0.25, -0.2) is 9.18 Å². The lowest BCUT2D eigenvalue weighted by atomic mass is 9.68. The molecule has 4 rings (SSSR count). The van der Waals surface area contributed by atoms with Gasteiger partial charge < -0.3 is 19.5 Å². The summed E-state index contributed by atoms with van der Waals surface area (Å²) in [6.07, 6.45) is 1.09. The number of ether oxygens (including phenoxy) is 3. The molecule has 6 nitrogen and oxygen atoms in total. The van der Waals surface area contributed by atoms with Crippen molar-refractivity contribution >= 4 is 11.8 Å². The van der Waals surface area contributed by atoms with E-state index in [1.54, 1.807) is 24.3 Å². The van der Waals surface area contributed by atoms with Crippen molar-refractivity contribution in [2.75, 3.05) is 14.2 Å². The van der Waals surface area contributed by atoms with Crippen LogP contribution >= 0.6 is 0 Å². The van der Waals surface area contributed by atoms with E-state index in [2.05, 4.69) is 19.2 Å². The number of halogens is 1. The summed E-state index contributed by atoms with van der Waals surface area (Å²) in [5, 5.41) is 3.30. The minimum absolute atomic E-state index is 0.00745. The van der Waals surface area contributed by atoms with Crippen molar-refractivity contribution in [3.8, 4) is 11.5 Å². The summed E-state index contributed by atoms with van der Waals surface area (Å²) >= 11 is 0. The summed E-state index contributed by atoms with van der Waals surface area (Å²) in [6.45, 7) is 6.11. The molecule has 2 aromatic carbocycles. The number of rotatable bonds is 6. The molecular weight excluding hydrogens is 449 g/mol. The number of nitrogens with one attached hydrogen (secondary N) is 1. The summed E-state index contributed by atoms with van der Waals surface area (Å²) < 4.78 is 30.1. The van der Waals surface area contributed by atoms with Gasteiger partial charge in [0, 0.05) is 29.3 Å². The Morgan fingerprint density at radius 2 is 1.89 bits per heavy atom. The molecule has 1 aliphatic carbocycles. The molecule has 1 aliphatic heterocycles. The monoisotopic (exact) mass is 479 g/mol. The highest BCUT2D eigenvalue weighted by Crippen LogP contribution is 2.47. The third kappa shape index (κ3) is 4.94. The molecule has 35 heavy (non-hydrogen) atoms. The Labute approximate surface area is 204 Å². The molecule has 0 unspecified atom stereocenters. The number of Topliss-reactive ketones (excluding diaryl/α,β-unsaturated/α-hetero) is 1. The average Bonchev–Trinajstić information content (AvgIpc) is 2.80. The van der Waals surface area contributed by atoms with Gasteiger partial charge in [0.1, 0.15) is 12.4 Å². The van der Waals surface area contributed by atoms with Gasteiger partial charge in [-0.15, -0.1) is 0 Å². The molecule has 1 heterocycles. The predicted molar refractivity (Wildman–Crippen MR) is 129 cm³/mol. The Morgan fingerprint density at radius 1 is 1.11 bits per heavy atom. The van der Waals surface area contributed by atoms with Crippen molar-refractivity contribution in [1.82, 2.24) is 5.32 Å². The summed E-state index contributed by atoms with van der Waals surface area (Å²) in [7, 11) is 2.86. The van der Waals surface area contributed by atoms with Crippen LogP contribution in [0.25, 0.3) is 0 Å². The van der Waals surface area contributed by atoms with E-state index in [1.807, 2.05) is 13.0 Å². The Hall–Kier alpha value is -3.61. The van der Waals surface area contributed by atoms with Crippen LogP contribution in [0.4, 0.5) is 4.39 Å². The Morgan fingerprint density at radius 3 is 2.57 bits per heavy atom. The van der Waals surface area contributed by atoms with Crippen LogP contribution in [0.2, 0.25) is 0 Å². The Bertz CT molecular complexity index is 1240. The number of hydrogen-bond acceptors (Lipinski definition) is 6. The highest BCUT2D eigenvalue weighted by molar-refractivity contribution is 6.04. The second-order valence-electron chi connectivity index (χ2n) is 9.75. The SMILES string of the molecule is COC(=O)C1=C(C)NC2=C(C(=O)CC(C)(C)C2)[C@H]1c1ccc(OCc2cccc(F)c2)c(OC)c1. The summed E-state index contributed by atoms with van der Waals surface area (Å²) in [6, 6.07) is 11.6. The second-order valence-corrected chi connectivity index (χ2v) is 9.75. The fourth-order valence-corrected chi connectivity index (χ4v) is 4.92. The largest absolute Gasteiger partial charge is 0.493 e. The molecule has 0 bridgehead atoms. The van der Waals surface area contributed by atoms with Gasteiger partial charge >= 0.3 is 5.97 Å². The van der Waals surface area contributed by atoms with Gasteiger partial charge in [-0.2, -0.15) is 0 Å². The van der Waals surface area contributed by atoms with E-state index in [0.717, 1.165) is 11.3 Å². The molecule has 1 N–H and O–H groups in total. The van der Waals surface area contributed by atoms with Crippen LogP contribution < -0.4 is 14.8 Å². The van der Waals surface area contributed by atoms with E-state index >= 15 is 0 Å². The first-order valence-electron chi connectivity index (χ1n) is 11.5. The van der Waals surface area contributed by atoms with E-state index in [0.29, 0.717) is 46.7 Å². The lowest BCUT2D eigenvalue weighted by molar-refractivity contribution is -0.136.